The smallest absolute Gasteiger partial charge is 0.137 e. The average molecular weight is 266 g/mol. The molecule has 0 spiro atoms. The van der Waals surface area contributed by atoms with Crippen molar-refractivity contribution in [3.8, 4) is 0 Å². The summed E-state index contributed by atoms with van der Waals surface area (Å²) in [5.74, 6) is -0.760. The monoisotopic (exact) mass is 266 g/mol. The summed E-state index contributed by atoms with van der Waals surface area (Å²) in [5, 5.41) is 10.1. The quantitative estimate of drug-likeness (QED) is 0.903. The van der Waals surface area contributed by atoms with Gasteiger partial charge in [0, 0.05) is 31.4 Å². The van der Waals surface area contributed by atoms with E-state index in [1.54, 1.807) is 12.4 Å². The molecule has 1 aromatic heterocycles. The molecule has 0 aliphatic rings. The molecule has 1 unspecified atom stereocenters. The molecule has 2 rings (SSSR count). The molecular weight excluding hydrogens is 250 g/mol. The van der Waals surface area contributed by atoms with Crippen molar-refractivity contribution in [1.29, 1.82) is 0 Å². The number of benzene rings is 1. The zero-order valence-electron chi connectivity index (χ0n) is 10.7. The second-order valence-electron chi connectivity index (χ2n) is 4.48. The van der Waals surface area contributed by atoms with Crippen LogP contribution in [0.2, 0.25) is 0 Å². The molecule has 1 atom stereocenters. The van der Waals surface area contributed by atoms with Gasteiger partial charge in [-0.2, -0.15) is 0 Å². The van der Waals surface area contributed by atoms with E-state index < -0.39 is 17.7 Å². The molecule has 102 valence electrons. The molecule has 1 heterocycles. The number of aliphatic hydroxyl groups excluding tert-OH is 1. The van der Waals surface area contributed by atoms with Gasteiger partial charge in [0.05, 0.1) is 0 Å². The standard InChI is InChI=1S/C14H16F2N2O/c1-2-4-18-5-3-17-14(18)13(19)8-10-6-11(15)9-12(16)7-10/h3,5-7,9,13,19H,2,4,8H2,1H3. The average Bonchev–Trinajstić information content (AvgIpc) is 2.76. The predicted molar refractivity (Wildman–Crippen MR) is 67.5 cm³/mol. The van der Waals surface area contributed by atoms with E-state index in [0.29, 0.717) is 11.4 Å². The largest absolute Gasteiger partial charge is 0.385 e. The number of aryl methyl sites for hydroxylation is 1. The van der Waals surface area contributed by atoms with Gasteiger partial charge < -0.3 is 9.67 Å². The topological polar surface area (TPSA) is 38.0 Å². The highest BCUT2D eigenvalue weighted by Crippen LogP contribution is 2.18. The van der Waals surface area contributed by atoms with Gasteiger partial charge in [0.1, 0.15) is 23.6 Å². The van der Waals surface area contributed by atoms with Crippen molar-refractivity contribution < 1.29 is 13.9 Å². The summed E-state index contributed by atoms with van der Waals surface area (Å²) in [6.07, 6.45) is 3.58. The van der Waals surface area contributed by atoms with Crippen LogP contribution >= 0.6 is 0 Å². The van der Waals surface area contributed by atoms with Crippen LogP contribution in [0.4, 0.5) is 8.78 Å². The fourth-order valence-electron chi connectivity index (χ4n) is 2.09. The lowest BCUT2D eigenvalue weighted by atomic mass is 10.1. The minimum Gasteiger partial charge on any atom is -0.385 e. The first-order chi connectivity index (χ1) is 9.10. The van der Waals surface area contributed by atoms with Crippen LogP contribution in [0.5, 0.6) is 0 Å². The Labute approximate surface area is 110 Å². The van der Waals surface area contributed by atoms with E-state index in [4.69, 9.17) is 0 Å². The maximum absolute atomic E-state index is 13.1. The van der Waals surface area contributed by atoms with E-state index in [9.17, 15) is 13.9 Å². The maximum atomic E-state index is 13.1. The fraction of sp³-hybridized carbons (Fsp3) is 0.357. The number of hydrogen-bond donors (Lipinski definition) is 1. The first-order valence-corrected chi connectivity index (χ1v) is 6.24. The molecule has 5 heteroatoms. The number of hydrogen-bond acceptors (Lipinski definition) is 2. The van der Waals surface area contributed by atoms with E-state index in [1.807, 2.05) is 11.5 Å². The van der Waals surface area contributed by atoms with Gasteiger partial charge in [0.25, 0.3) is 0 Å². The second-order valence-corrected chi connectivity index (χ2v) is 4.48. The third-order valence-electron chi connectivity index (χ3n) is 2.86. The van der Waals surface area contributed by atoms with Crippen molar-refractivity contribution in [2.24, 2.45) is 0 Å². The third kappa shape index (κ3) is 3.38. The summed E-state index contributed by atoms with van der Waals surface area (Å²) in [6, 6.07) is 3.26. The number of rotatable bonds is 5. The minimum absolute atomic E-state index is 0.134. The summed E-state index contributed by atoms with van der Waals surface area (Å²) >= 11 is 0. The molecule has 0 saturated heterocycles. The van der Waals surface area contributed by atoms with Crippen molar-refractivity contribution in [3.05, 3.63) is 53.6 Å². The number of imidazole rings is 1. The SMILES string of the molecule is CCCn1ccnc1C(O)Cc1cc(F)cc(F)c1. The van der Waals surface area contributed by atoms with Crippen LogP contribution in [0.3, 0.4) is 0 Å². The van der Waals surface area contributed by atoms with E-state index in [1.165, 1.54) is 12.1 Å². The highest BCUT2D eigenvalue weighted by molar-refractivity contribution is 5.19. The zero-order chi connectivity index (χ0) is 13.8. The van der Waals surface area contributed by atoms with Crippen LogP contribution < -0.4 is 0 Å². The van der Waals surface area contributed by atoms with Crippen molar-refractivity contribution in [2.45, 2.75) is 32.4 Å². The molecule has 0 amide bonds. The molecule has 1 aromatic carbocycles. The Balaban J connectivity index is 2.15. The van der Waals surface area contributed by atoms with E-state index in [2.05, 4.69) is 4.98 Å². The number of aromatic nitrogens is 2. The van der Waals surface area contributed by atoms with Crippen LogP contribution in [0.15, 0.2) is 30.6 Å². The molecule has 0 bridgehead atoms. The molecule has 19 heavy (non-hydrogen) atoms. The van der Waals surface area contributed by atoms with Gasteiger partial charge in [-0.3, -0.25) is 0 Å². The molecule has 3 nitrogen and oxygen atoms in total. The van der Waals surface area contributed by atoms with Crippen molar-refractivity contribution in [1.82, 2.24) is 9.55 Å². The third-order valence-corrected chi connectivity index (χ3v) is 2.86. The summed E-state index contributed by atoms with van der Waals surface area (Å²) in [5.41, 5.74) is 0.413. The molecular formula is C14H16F2N2O. The lowest BCUT2D eigenvalue weighted by Gasteiger charge is -2.13. The maximum Gasteiger partial charge on any atom is 0.137 e. The Kier molecular flexibility index (Phi) is 4.27. The molecule has 1 N–H and O–H groups in total. The van der Waals surface area contributed by atoms with E-state index in [-0.39, 0.29) is 6.42 Å². The van der Waals surface area contributed by atoms with Crippen molar-refractivity contribution in [3.63, 3.8) is 0 Å². The number of nitrogens with zero attached hydrogens (tertiary/aromatic N) is 2. The molecule has 0 aliphatic carbocycles. The highest BCUT2D eigenvalue weighted by Gasteiger charge is 2.15. The van der Waals surface area contributed by atoms with Crippen LogP contribution in [0.25, 0.3) is 0 Å². The van der Waals surface area contributed by atoms with Gasteiger partial charge in [-0.15, -0.1) is 0 Å². The van der Waals surface area contributed by atoms with Crippen molar-refractivity contribution >= 4 is 0 Å². The van der Waals surface area contributed by atoms with Crippen LogP contribution in [-0.2, 0) is 13.0 Å². The van der Waals surface area contributed by atoms with Crippen molar-refractivity contribution in [2.75, 3.05) is 0 Å². The van der Waals surface area contributed by atoms with Gasteiger partial charge in [-0.05, 0) is 24.1 Å². The Morgan fingerprint density at radius 2 is 1.95 bits per heavy atom. The van der Waals surface area contributed by atoms with Gasteiger partial charge in [-0.25, -0.2) is 13.8 Å². The Morgan fingerprint density at radius 3 is 2.58 bits per heavy atom. The van der Waals surface area contributed by atoms with E-state index >= 15 is 0 Å². The van der Waals surface area contributed by atoms with Gasteiger partial charge >= 0.3 is 0 Å². The van der Waals surface area contributed by atoms with Gasteiger partial charge in [-0.1, -0.05) is 6.92 Å². The lowest BCUT2D eigenvalue weighted by molar-refractivity contribution is 0.163. The highest BCUT2D eigenvalue weighted by atomic mass is 19.1. The fourth-order valence-corrected chi connectivity index (χ4v) is 2.09. The number of halogens is 2. The summed E-state index contributed by atoms with van der Waals surface area (Å²) < 4.78 is 28.0. The first kappa shape index (κ1) is 13.7. The molecule has 0 aliphatic heterocycles. The molecule has 0 saturated carbocycles. The lowest BCUT2D eigenvalue weighted by Crippen LogP contribution is -2.11. The molecule has 0 fully saturated rings. The molecule has 2 aromatic rings. The minimum atomic E-state index is -0.872. The Morgan fingerprint density at radius 1 is 1.26 bits per heavy atom. The summed E-state index contributed by atoms with van der Waals surface area (Å²) in [6.45, 7) is 2.78. The van der Waals surface area contributed by atoms with Crippen LogP contribution in [0, 0.1) is 11.6 Å². The van der Waals surface area contributed by atoms with Crippen LogP contribution in [-0.4, -0.2) is 14.7 Å². The van der Waals surface area contributed by atoms with E-state index in [0.717, 1.165) is 19.0 Å². The Hall–Kier alpha value is -1.75. The summed E-state index contributed by atoms with van der Waals surface area (Å²) in [7, 11) is 0. The van der Waals surface area contributed by atoms with Gasteiger partial charge in [0.15, 0.2) is 0 Å². The second kappa shape index (κ2) is 5.93. The predicted octanol–water partition coefficient (Wildman–Crippen LogP) is 2.85. The normalized spacial score (nSPS) is 12.6. The number of aliphatic hydroxyl groups is 1. The Bertz CT molecular complexity index is 534. The van der Waals surface area contributed by atoms with Crippen LogP contribution in [0.1, 0.15) is 30.8 Å². The first-order valence-electron chi connectivity index (χ1n) is 6.24. The van der Waals surface area contributed by atoms with Gasteiger partial charge in [0.2, 0.25) is 0 Å². The zero-order valence-corrected chi connectivity index (χ0v) is 10.7. The summed E-state index contributed by atoms with van der Waals surface area (Å²) in [4.78, 5) is 4.10. The molecule has 0 radical (unpaired) electrons.